The van der Waals surface area contributed by atoms with Crippen LogP contribution in [0.4, 0.5) is 0 Å². The number of carbonyl (C=O) groups is 1. The van der Waals surface area contributed by atoms with E-state index in [-0.39, 0.29) is 5.91 Å². The Balaban J connectivity index is 2.36. The predicted octanol–water partition coefficient (Wildman–Crippen LogP) is 1.74. The van der Waals surface area contributed by atoms with Crippen molar-refractivity contribution in [3.8, 4) is 5.75 Å². The van der Waals surface area contributed by atoms with Crippen molar-refractivity contribution in [3.05, 3.63) is 42.5 Å². The SMILES string of the molecule is C=CCC(N)C(=O)N(C)CCOc1cccc(C)c1. The number of nitrogens with two attached hydrogens (primary N) is 1. The molecule has 1 unspecified atom stereocenters. The zero-order valence-corrected chi connectivity index (χ0v) is 11.6. The first-order valence-electron chi connectivity index (χ1n) is 6.35. The average Bonchev–Trinajstić information content (AvgIpc) is 2.38. The summed E-state index contributed by atoms with van der Waals surface area (Å²) in [6.07, 6.45) is 2.14. The van der Waals surface area contributed by atoms with Gasteiger partial charge in [-0.1, -0.05) is 18.2 Å². The highest BCUT2D eigenvalue weighted by atomic mass is 16.5. The van der Waals surface area contributed by atoms with E-state index in [1.807, 2.05) is 31.2 Å². The van der Waals surface area contributed by atoms with Gasteiger partial charge in [-0.05, 0) is 31.0 Å². The van der Waals surface area contributed by atoms with Crippen LogP contribution < -0.4 is 10.5 Å². The summed E-state index contributed by atoms with van der Waals surface area (Å²) in [5.74, 6) is 0.726. The standard InChI is InChI=1S/C15H22N2O2/c1-4-6-14(16)15(18)17(3)9-10-19-13-8-5-7-12(2)11-13/h4-5,7-8,11,14H,1,6,9-10,16H2,2-3H3. The highest BCUT2D eigenvalue weighted by Gasteiger charge is 2.16. The number of hydrogen-bond acceptors (Lipinski definition) is 3. The minimum absolute atomic E-state index is 0.0901. The number of benzene rings is 1. The van der Waals surface area contributed by atoms with Crippen molar-refractivity contribution < 1.29 is 9.53 Å². The molecule has 0 aliphatic heterocycles. The molecule has 0 fully saturated rings. The van der Waals surface area contributed by atoms with Crippen LogP contribution in [0.15, 0.2) is 36.9 Å². The molecular weight excluding hydrogens is 240 g/mol. The molecule has 0 radical (unpaired) electrons. The summed E-state index contributed by atoms with van der Waals surface area (Å²) in [4.78, 5) is 13.4. The Kier molecular flexibility index (Phi) is 6.09. The smallest absolute Gasteiger partial charge is 0.239 e. The van der Waals surface area contributed by atoms with E-state index >= 15 is 0 Å². The van der Waals surface area contributed by atoms with Crippen LogP contribution >= 0.6 is 0 Å². The van der Waals surface area contributed by atoms with Crippen molar-refractivity contribution in [1.82, 2.24) is 4.90 Å². The summed E-state index contributed by atoms with van der Waals surface area (Å²) >= 11 is 0. The lowest BCUT2D eigenvalue weighted by Gasteiger charge is -2.20. The highest BCUT2D eigenvalue weighted by molar-refractivity contribution is 5.81. The van der Waals surface area contributed by atoms with Crippen LogP contribution in [0.1, 0.15) is 12.0 Å². The first kappa shape index (κ1) is 15.2. The van der Waals surface area contributed by atoms with Gasteiger partial charge in [-0.15, -0.1) is 6.58 Å². The summed E-state index contributed by atoms with van der Waals surface area (Å²) in [5, 5.41) is 0. The van der Waals surface area contributed by atoms with Gasteiger partial charge in [0.05, 0.1) is 12.6 Å². The average molecular weight is 262 g/mol. The summed E-state index contributed by atoms with van der Waals surface area (Å²) in [6, 6.07) is 7.31. The lowest BCUT2D eigenvalue weighted by Crippen LogP contribution is -2.42. The van der Waals surface area contributed by atoms with Crippen LogP contribution in [0.2, 0.25) is 0 Å². The summed E-state index contributed by atoms with van der Waals surface area (Å²) in [7, 11) is 1.73. The summed E-state index contributed by atoms with van der Waals surface area (Å²) in [6.45, 7) is 6.55. The van der Waals surface area contributed by atoms with Gasteiger partial charge in [0.1, 0.15) is 12.4 Å². The van der Waals surface area contributed by atoms with Gasteiger partial charge in [0.15, 0.2) is 0 Å². The fraction of sp³-hybridized carbons (Fsp3) is 0.400. The zero-order chi connectivity index (χ0) is 14.3. The van der Waals surface area contributed by atoms with Crippen LogP contribution in [-0.4, -0.2) is 37.0 Å². The Hall–Kier alpha value is -1.81. The van der Waals surface area contributed by atoms with E-state index < -0.39 is 6.04 Å². The Morgan fingerprint density at radius 3 is 2.95 bits per heavy atom. The molecule has 1 aromatic rings. The molecule has 0 spiro atoms. The van der Waals surface area contributed by atoms with Crippen molar-refractivity contribution in [1.29, 1.82) is 0 Å². The van der Waals surface area contributed by atoms with E-state index in [2.05, 4.69) is 6.58 Å². The number of aryl methyl sites for hydroxylation is 1. The molecule has 1 amide bonds. The molecule has 0 saturated carbocycles. The number of likely N-dealkylation sites (N-methyl/N-ethyl adjacent to an activating group) is 1. The predicted molar refractivity (Wildman–Crippen MR) is 77.1 cm³/mol. The van der Waals surface area contributed by atoms with Crippen molar-refractivity contribution >= 4 is 5.91 Å². The maximum Gasteiger partial charge on any atom is 0.239 e. The zero-order valence-electron chi connectivity index (χ0n) is 11.6. The fourth-order valence-electron chi connectivity index (χ4n) is 1.68. The number of carbonyl (C=O) groups excluding carboxylic acids is 1. The number of nitrogens with zero attached hydrogens (tertiary/aromatic N) is 1. The third-order valence-electron chi connectivity index (χ3n) is 2.80. The van der Waals surface area contributed by atoms with Crippen molar-refractivity contribution in [2.45, 2.75) is 19.4 Å². The summed E-state index contributed by atoms with van der Waals surface area (Å²) in [5.41, 5.74) is 6.88. The number of rotatable bonds is 7. The molecule has 0 aliphatic carbocycles. The van der Waals surface area contributed by atoms with Gasteiger partial charge in [-0.25, -0.2) is 0 Å². The monoisotopic (exact) mass is 262 g/mol. The Labute approximate surface area is 114 Å². The molecule has 1 rings (SSSR count). The minimum atomic E-state index is -0.513. The Bertz CT molecular complexity index is 432. The van der Waals surface area contributed by atoms with Gasteiger partial charge in [0.2, 0.25) is 5.91 Å². The van der Waals surface area contributed by atoms with E-state index in [1.54, 1.807) is 18.0 Å². The van der Waals surface area contributed by atoms with Gasteiger partial charge in [-0.2, -0.15) is 0 Å². The molecule has 0 saturated heterocycles. The second-order valence-corrected chi connectivity index (χ2v) is 4.56. The van der Waals surface area contributed by atoms with Crippen LogP contribution in [0.5, 0.6) is 5.75 Å². The molecule has 19 heavy (non-hydrogen) atoms. The van der Waals surface area contributed by atoms with Gasteiger partial charge >= 0.3 is 0 Å². The summed E-state index contributed by atoms with van der Waals surface area (Å²) < 4.78 is 5.59. The molecule has 2 N–H and O–H groups in total. The molecule has 0 aliphatic rings. The first-order chi connectivity index (χ1) is 9.04. The lowest BCUT2D eigenvalue weighted by atomic mass is 10.2. The van der Waals surface area contributed by atoms with E-state index in [1.165, 1.54) is 0 Å². The van der Waals surface area contributed by atoms with Crippen LogP contribution in [0, 0.1) is 6.92 Å². The fourth-order valence-corrected chi connectivity index (χ4v) is 1.68. The molecule has 1 atom stereocenters. The van der Waals surface area contributed by atoms with Gasteiger partial charge in [-0.3, -0.25) is 4.79 Å². The molecule has 0 bridgehead atoms. The van der Waals surface area contributed by atoms with Crippen molar-refractivity contribution in [2.24, 2.45) is 5.73 Å². The van der Waals surface area contributed by atoms with Gasteiger partial charge in [0, 0.05) is 7.05 Å². The van der Waals surface area contributed by atoms with Crippen LogP contribution in [0.3, 0.4) is 0 Å². The first-order valence-corrected chi connectivity index (χ1v) is 6.35. The normalized spacial score (nSPS) is 11.7. The molecular formula is C15H22N2O2. The van der Waals surface area contributed by atoms with Crippen LogP contribution in [0.25, 0.3) is 0 Å². The molecule has 4 nitrogen and oxygen atoms in total. The minimum Gasteiger partial charge on any atom is -0.492 e. The maximum absolute atomic E-state index is 11.8. The van der Waals surface area contributed by atoms with E-state index in [0.29, 0.717) is 19.6 Å². The highest BCUT2D eigenvalue weighted by Crippen LogP contribution is 2.12. The molecule has 104 valence electrons. The Morgan fingerprint density at radius 2 is 2.32 bits per heavy atom. The van der Waals surface area contributed by atoms with E-state index in [4.69, 9.17) is 10.5 Å². The molecule has 1 aromatic carbocycles. The quantitative estimate of drug-likeness (QED) is 0.761. The van der Waals surface area contributed by atoms with Gasteiger partial charge < -0.3 is 15.4 Å². The maximum atomic E-state index is 11.8. The number of ether oxygens (including phenoxy) is 1. The molecule has 4 heteroatoms. The van der Waals surface area contributed by atoms with Crippen LogP contribution in [-0.2, 0) is 4.79 Å². The largest absolute Gasteiger partial charge is 0.492 e. The molecule has 0 heterocycles. The third kappa shape index (κ3) is 5.14. The second kappa shape index (κ2) is 7.59. The van der Waals surface area contributed by atoms with E-state index in [0.717, 1.165) is 11.3 Å². The Morgan fingerprint density at radius 1 is 1.58 bits per heavy atom. The third-order valence-corrected chi connectivity index (χ3v) is 2.80. The lowest BCUT2D eigenvalue weighted by molar-refractivity contribution is -0.131. The van der Waals surface area contributed by atoms with Crippen molar-refractivity contribution in [3.63, 3.8) is 0 Å². The van der Waals surface area contributed by atoms with E-state index in [9.17, 15) is 4.79 Å². The molecule has 0 aromatic heterocycles. The number of hydrogen-bond donors (Lipinski definition) is 1. The number of amides is 1. The topological polar surface area (TPSA) is 55.6 Å². The van der Waals surface area contributed by atoms with Crippen molar-refractivity contribution in [2.75, 3.05) is 20.2 Å². The van der Waals surface area contributed by atoms with Gasteiger partial charge in [0.25, 0.3) is 0 Å². The second-order valence-electron chi connectivity index (χ2n) is 4.56.